The van der Waals surface area contributed by atoms with Crippen molar-refractivity contribution in [3.05, 3.63) is 12.2 Å². The summed E-state index contributed by atoms with van der Waals surface area (Å²) >= 11 is 0. The number of carbonyl (C=O) groups is 1. The molecule has 488 valence electrons. The van der Waals surface area contributed by atoms with Crippen LogP contribution in [0.5, 0.6) is 0 Å². The topological polar surface area (TPSA) is 149 Å². The van der Waals surface area contributed by atoms with Crippen molar-refractivity contribution in [2.24, 2.45) is 0 Å². The van der Waals surface area contributed by atoms with Crippen LogP contribution in [-0.2, 0) is 14.3 Å². The lowest BCUT2D eigenvalue weighted by atomic mass is 9.99. The number of nitrogens with one attached hydrogen (secondary N) is 1. The largest absolute Gasteiger partial charge is 0.394 e. The summed E-state index contributed by atoms with van der Waals surface area (Å²) in [7, 11) is 0. The van der Waals surface area contributed by atoms with Crippen LogP contribution in [0.3, 0.4) is 0 Å². The second-order valence-electron chi connectivity index (χ2n) is 26.1. The highest BCUT2D eigenvalue weighted by atomic mass is 16.7. The van der Waals surface area contributed by atoms with Gasteiger partial charge < -0.3 is 40.3 Å². The van der Waals surface area contributed by atoms with E-state index in [1.54, 1.807) is 0 Å². The Hall–Kier alpha value is -1.07. The molecule has 0 aromatic heterocycles. The van der Waals surface area contributed by atoms with Crippen LogP contribution < -0.4 is 5.32 Å². The summed E-state index contributed by atoms with van der Waals surface area (Å²) in [6, 6.07) is -0.717. The maximum atomic E-state index is 13.1. The van der Waals surface area contributed by atoms with Gasteiger partial charge in [0, 0.05) is 6.42 Å². The van der Waals surface area contributed by atoms with Crippen molar-refractivity contribution in [2.75, 3.05) is 13.2 Å². The average Bonchev–Trinajstić information content (AvgIpc) is 3.52. The van der Waals surface area contributed by atoms with Crippen molar-refractivity contribution >= 4 is 5.91 Å². The van der Waals surface area contributed by atoms with Gasteiger partial charge >= 0.3 is 0 Å². The molecule has 82 heavy (non-hydrogen) atoms. The van der Waals surface area contributed by atoms with E-state index < -0.39 is 49.5 Å². The van der Waals surface area contributed by atoms with Crippen molar-refractivity contribution in [3.63, 3.8) is 0 Å². The molecule has 6 N–H and O–H groups in total. The van der Waals surface area contributed by atoms with E-state index in [1.807, 2.05) is 0 Å². The Bertz CT molecular complexity index is 1300. The minimum atomic E-state index is -1.55. The van der Waals surface area contributed by atoms with E-state index >= 15 is 0 Å². The Kier molecular flexibility index (Phi) is 60.6. The number of aliphatic hydroxyl groups is 5. The first kappa shape index (κ1) is 78.9. The van der Waals surface area contributed by atoms with Crippen molar-refractivity contribution in [1.29, 1.82) is 0 Å². The van der Waals surface area contributed by atoms with Gasteiger partial charge in [0.2, 0.25) is 5.91 Å². The maximum absolute atomic E-state index is 13.1. The highest BCUT2D eigenvalue weighted by molar-refractivity contribution is 5.76. The van der Waals surface area contributed by atoms with Crippen LogP contribution in [0.25, 0.3) is 0 Å². The van der Waals surface area contributed by atoms with E-state index in [0.29, 0.717) is 12.8 Å². The lowest BCUT2D eigenvalue weighted by Gasteiger charge is -2.40. The summed E-state index contributed by atoms with van der Waals surface area (Å²) in [4.78, 5) is 13.1. The molecular formula is C73H143NO8. The molecule has 1 amide bonds. The fourth-order valence-electron chi connectivity index (χ4n) is 12.3. The molecule has 0 bridgehead atoms. The third kappa shape index (κ3) is 51.0. The molecule has 1 heterocycles. The third-order valence-electron chi connectivity index (χ3n) is 18.1. The first-order valence-electron chi connectivity index (χ1n) is 36.9. The number of allylic oxidation sites excluding steroid dienone is 2. The van der Waals surface area contributed by atoms with Crippen LogP contribution in [-0.4, -0.2) is 87.5 Å². The molecule has 0 saturated carbocycles. The molecule has 0 radical (unpaired) electrons. The van der Waals surface area contributed by atoms with Gasteiger partial charge in [0.15, 0.2) is 6.29 Å². The second-order valence-corrected chi connectivity index (χ2v) is 26.1. The zero-order chi connectivity index (χ0) is 59.3. The normalized spacial score (nSPS) is 18.3. The van der Waals surface area contributed by atoms with E-state index in [2.05, 4.69) is 31.3 Å². The average molecular weight is 1160 g/mol. The maximum Gasteiger partial charge on any atom is 0.220 e. The van der Waals surface area contributed by atoms with Gasteiger partial charge in [0.1, 0.15) is 24.4 Å². The SMILES string of the molecule is CCCCCCCCCCCCCCCCCCCC/C=C\CCCCCCCCCCCCCCCCCCCC(=O)NC(COC1OC(CO)C(O)C(O)C1O)C(O)CCCCCCCCCCCCCCCCCCCCCC. The first-order chi connectivity index (χ1) is 40.3. The number of amides is 1. The molecule has 9 nitrogen and oxygen atoms in total. The van der Waals surface area contributed by atoms with Gasteiger partial charge in [-0.15, -0.1) is 0 Å². The molecular weight excluding hydrogens is 1020 g/mol. The zero-order valence-electron chi connectivity index (χ0n) is 54.8. The third-order valence-corrected chi connectivity index (χ3v) is 18.1. The number of hydrogen-bond donors (Lipinski definition) is 6. The Morgan fingerprint density at radius 1 is 0.402 bits per heavy atom. The van der Waals surface area contributed by atoms with Crippen LogP contribution in [0.15, 0.2) is 12.2 Å². The molecule has 1 aliphatic heterocycles. The van der Waals surface area contributed by atoms with Crippen LogP contribution >= 0.6 is 0 Å². The quantitative estimate of drug-likeness (QED) is 0.0261. The van der Waals surface area contributed by atoms with E-state index in [-0.39, 0.29) is 12.5 Å². The molecule has 1 rings (SSSR count). The van der Waals surface area contributed by atoms with Crippen LogP contribution in [0.4, 0.5) is 0 Å². The Labute approximate surface area is 509 Å². The highest BCUT2D eigenvalue weighted by Gasteiger charge is 2.44. The van der Waals surface area contributed by atoms with Crippen molar-refractivity contribution < 1.29 is 39.8 Å². The molecule has 1 aliphatic rings. The lowest BCUT2D eigenvalue weighted by Crippen LogP contribution is -2.60. The lowest BCUT2D eigenvalue weighted by molar-refractivity contribution is -0.302. The molecule has 1 saturated heterocycles. The molecule has 0 aromatic rings. The van der Waals surface area contributed by atoms with E-state index in [1.165, 1.54) is 327 Å². The van der Waals surface area contributed by atoms with Crippen LogP contribution in [0.1, 0.15) is 393 Å². The van der Waals surface area contributed by atoms with Gasteiger partial charge in [-0.05, 0) is 38.5 Å². The monoisotopic (exact) mass is 1160 g/mol. The Morgan fingerprint density at radius 3 is 0.988 bits per heavy atom. The van der Waals surface area contributed by atoms with Gasteiger partial charge in [-0.3, -0.25) is 4.79 Å². The summed E-state index contributed by atoms with van der Waals surface area (Å²) in [6.07, 6.45) is 74.5. The van der Waals surface area contributed by atoms with Gasteiger partial charge in [-0.1, -0.05) is 360 Å². The van der Waals surface area contributed by atoms with Crippen LogP contribution in [0.2, 0.25) is 0 Å². The molecule has 7 unspecified atom stereocenters. The van der Waals surface area contributed by atoms with Crippen molar-refractivity contribution in [3.8, 4) is 0 Å². The van der Waals surface area contributed by atoms with Gasteiger partial charge in [0.05, 0.1) is 25.4 Å². The molecule has 0 spiro atoms. The summed E-state index contributed by atoms with van der Waals surface area (Å²) in [5, 5.41) is 54.9. The summed E-state index contributed by atoms with van der Waals surface area (Å²) < 4.78 is 11.4. The van der Waals surface area contributed by atoms with E-state index in [9.17, 15) is 30.3 Å². The first-order valence-corrected chi connectivity index (χ1v) is 36.9. The molecule has 9 heteroatoms. The predicted octanol–water partition coefficient (Wildman–Crippen LogP) is 20.3. The smallest absolute Gasteiger partial charge is 0.220 e. The fraction of sp³-hybridized carbons (Fsp3) is 0.959. The van der Waals surface area contributed by atoms with E-state index in [0.717, 1.165) is 38.5 Å². The Balaban J connectivity index is 2.03. The molecule has 7 atom stereocenters. The zero-order valence-corrected chi connectivity index (χ0v) is 54.8. The highest BCUT2D eigenvalue weighted by Crippen LogP contribution is 2.24. The number of unbranched alkanes of at least 4 members (excludes halogenated alkanes) is 54. The molecule has 0 aliphatic carbocycles. The number of hydrogen-bond acceptors (Lipinski definition) is 8. The summed E-state index contributed by atoms with van der Waals surface area (Å²) in [6.45, 7) is 3.90. The number of aliphatic hydroxyl groups excluding tert-OH is 5. The molecule has 0 aromatic carbocycles. The Morgan fingerprint density at radius 2 is 0.683 bits per heavy atom. The van der Waals surface area contributed by atoms with E-state index in [4.69, 9.17) is 9.47 Å². The number of ether oxygens (including phenoxy) is 2. The summed E-state index contributed by atoms with van der Waals surface area (Å²) in [5.41, 5.74) is 0. The van der Waals surface area contributed by atoms with Crippen molar-refractivity contribution in [1.82, 2.24) is 5.32 Å². The number of carbonyl (C=O) groups excluding carboxylic acids is 1. The van der Waals surface area contributed by atoms with Crippen molar-refractivity contribution in [2.45, 2.75) is 436 Å². The number of rotatable bonds is 66. The van der Waals surface area contributed by atoms with Gasteiger partial charge in [-0.25, -0.2) is 0 Å². The fourth-order valence-corrected chi connectivity index (χ4v) is 12.3. The minimum Gasteiger partial charge on any atom is -0.394 e. The van der Waals surface area contributed by atoms with Crippen LogP contribution in [0, 0.1) is 0 Å². The minimum absolute atomic E-state index is 0.132. The second kappa shape index (κ2) is 63.0. The molecule has 1 fully saturated rings. The predicted molar refractivity (Wildman–Crippen MR) is 351 cm³/mol. The standard InChI is InChI=1S/C73H143NO8/c1-3-5-7-9-11-13-15-17-19-21-23-25-26-27-28-29-30-31-32-33-34-35-36-37-38-39-40-41-42-43-45-47-49-51-53-55-57-59-61-63-69(77)74-66(65-81-73-72(80)71(79)70(78)68(64-75)82-73)67(76)62-60-58-56-54-52-50-48-46-44-24-22-20-18-16-14-12-10-8-6-4-2/h33-34,66-68,70-73,75-76,78-80H,3-32,35-65H2,1-2H3,(H,74,77)/b34-33-. The summed E-state index contributed by atoms with van der Waals surface area (Å²) in [5.74, 6) is -0.135. The van der Waals surface area contributed by atoms with Gasteiger partial charge in [-0.2, -0.15) is 0 Å². The van der Waals surface area contributed by atoms with Gasteiger partial charge in [0.25, 0.3) is 0 Å².